The molecule has 0 aliphatic carbocycles. The Kier molecular flexibility index (Phi) is 4.90. The summed E-state index contributed by atoms with van der Waals surface area (Å²) in [5.74, 6) is -1.86. The standard InChI is InChI=1S/C19H19F2N3O/c1-24(2)10-4-7-17(25)19-14-11-12(8-9-16(14)22-23-19)13-5-3-6-15(20)18(13)21/h3,5-6,8-9,11H,4,7,10H2,1-2H3,(H,22,23). The van der Waals surface area contributed by atoms with E-state index in [1.165, 1.54) is 12.1 Å². The monoisotopic (exact) mass is 343 g/mol. The van der Waals surface area contributed by atoms with Crippen LogP contribution in [0.5, 0.6) is 0 Å². The van der Waals surface area contributed by atoms with Crippen LogP contribution in [0.4, 0.5) is 8.78 Å². The molecule has 0 aliphatic heterocycles. The number of aromatic amines is 1. The fourth-order valence-electron chi connectivity index (χ4n) is 2.80. The molecule has 0 bridgehead atoms. The maximum Gasteiger partial charge on any atom is 0.183 e. The Morgan fingerprint density at radius 1 is 1.20 bits per heavy atom. The minimum absolute atomic E-state index is 0.0648. The number of hydrogen-bond acceptors (Lipinski definition) is 3. The van der Waals surface area contributed by atoms with Crippen LogP contribution in [0.3, 0.4) is 0 Å². The van der Waals surface area contributed by atoms with Gasteiger partial charge >= 0.3 is 0 Å². The lowest BCUT2D eigenvalue weighted by Gasteiger charge is -2.08. The maximum absolute atomic E-state index is 14.0. The van der Waals surface area contributed by atoms with Crippen LogP contribution < -0.4 is 0 Å². The number of carbonyl (C=O) groups is 1. The Balaban J connectivity index is 1.94. The number of carbonyl (C=O) groups excluding carboxylic acids is 1. The van der Waals surface area contributed by atoms with E-state index in [-0.39, 0.29) is 11.3 Å². The van der Waals surface area contributed by atoms with Crippen molar-refractivity contribution in [2.75, 3.05) is 20.6 Å². The van der Waals surface area contributed by atoms with Gasteiger partial charge in [0.05, 0.1) is 5.52 Å². The zero-order valence-corrected chi connectivity index (χ0v) is 14.1. The molecule has 2 aromatic carbocycles. The summed E-state index contributed by atoms with van der Waals surface area (Å²) in [7, 11) is 3.91. The Morgan fingerprint density at radius 2 is 2.00 bits per heavy atom. The number of hydrogen-bond donors (Lipinski definition) is 1. The third kappa shape index (κ3) is 3.58. The third-order valence-corrected chi connectivity index (χ3v) is 4.10. The lowest BCUT2D eigenvalue weighted by atomic mass is 10.0. The zero-order chi connectivity index (χ0) is 18.0. The highest BCUT2D eigenvalue weighted by Crippen LogP contribution is 2.28. The van der Waals surface area contributed by atoms with Crippen LogP contribution in [0.1, 0.15) is 23.3 Å². The predicted octanol–water partition coefficient (Wildman–Crippen LogP) is 4.03. The van der Waals surface area contributed by atoms with Crippen molar-refractivity contribution in [3.05, 3.63) is 53.7 Å². The van der Waals surface area contributed by atoms with Gasteiger partial charge in [-0.1, -0.05) is 18.2 Å². The highest BCUT2D eigenvalue weighted by atomic mass is 19.2. The molecule has 0 spiro atoms. The lowest BCUT2D eigenvalue weighted by molar-refractivity contribution is 0.0974. The van der Waals surface area contributed by atoms with Crippen LogP contribution in [0, 0.1) is 11.6 Å². The molecule has 0 saturated carbocycles. The summed E-state index contributed by atoms with van der Waals surface area (Å²) in [5.41, 5.74) is 1.70. The van der Waals surface area contributed by atoms with E-state index in [0.717, 1.165) is 19.0 Å². The van der Waals surface area contributed by atoms with Gasteiger partial charge in [0.2, 0.25) is 0 Å². The molecule has 0 aliphatic rings. The van der Waals surface area contributed by atoms with Crippen LogP contribution in [-0.4, -0.2) is 41.5 Å². The van der Waals surface area contributed by atoms with Gasteiger partial charge in [0.1, 0.15) is 5.69 Å². The number of nitrogens with zero attached hydrogens (tertiary/aromatic N) is 2. The minimum Gasteiger partial charge on any atom is -0.309 e. The minimum atomic E-state index is -0.899. The molecular weight excluding hydrogens is 324 g/mol. The number of Topliss-reactive ketones (excluding diaryl/α,β-unsaturated/α-hetero) is 1. The highest BCUT2D eigenvalue weighted by molar-refractivity contribution is 6.06. The van der Waals surface area contributed by atoms with Crippen LogP contribution in [0.25, 0.3) is 22.0 Å². The highest BCUT2D eigenvalue weighted by Gasteiger charge is 2.16. The predicted molar refractivity (Wildman–Crippen MR) is 93.6 cm³/mol. The molecular formula is C19H19F2N3O. The Labute approximate surface area is 144 Å². The maximum atomic E-state index is 14.0. The second-order valence-electron chi connectivity index (χ2n) is 6.26. The number of aromatic nitrogens is 2. The molecule has 4 nitrogen and oxygen atoms in total. The average Bonchev–Trinajstić information content (AvgIpc) is 3.00. The van der Waals surface area contributed by atoms with Crippen LogP contribution in [0.2, 0.25) is 0 Å². The van der Waals surface area contributed by atoms with E-state index in [1.54, 1.807) is 18.2 Å². The molecule has 0 unspecified atom stereocenters. The Hall–Kier alpha value is -2.60. The number of rotatable bonds is 6. The number of ketones is 1. The summed E-state index contributed by atoms with van der Waals surface area (Å²) in [5, 5.41) is 7.56. The van der Waals surface area contributed by atoms with E-state index < -0.39 is 11.6 Å². The van der Waals surface area contributed by atoms with Crippen molar-refractivity contribution in [3.8, 4) is 11.1 Å². The number of halogens is 2. The average molecular weight is 343 g/mol. The third-order valence-electron chi connectivity index (χ3n) is 4.10. The van der Waals surface area contributed by atoms with Crippen LogP contribution >= 0.6 is 0 Å². The van der Waals surface area contributed by atoms with Gasteiger partial charge in [0.15, 0.2) is 17.4 Å². The van der Waals surface area contributed by atoms with Crippen molar-refractivity contribution in [1.29, 1.82) is 0 Å². The second-order valence-corrected chi connectivity index (χ2v) is 6.26. The van der Waals surface area contributed by atoms with E-state index in [4.69, 9.17) is 0 Å². The van der Waals surface area contributed by atoms with Gasteiger partial charge in [-0.3, -0.25) is 9.89 Å². The molecule has 0 saturated heterocycles. The molecule has 130 valence electrons. The second kappa shape index (κ2) is 7.11. The van der Waals surface area contributed by atoms with Crippen LogP contribution in [-0.2, 0) is 0 Å². The van der Waals surface area contributed by atoms with E-state index >= 15 is 0 Å². The molecule has 1 N–H and O–H groups in total. The SMILES string of the molecule is CN(C)CCCC(=O)c1n[nH]c2ccc(-c3cccc(F)c3F)cc12. The molecule has 3 aromatic rings. The van der Waals surface area contributed by atoms with Crippen molar-refractivity contribution < 1.29 is 13.6 Å². The van der Waals surface area contributed by atoms with E-state index in [0.29, 0.717) is 28.6 Å². The van der Waals surface area contributed by atoms with Gasteiger partial charge in [-0.05, 0) is 50.8 Å². The number of benzene rings is 2. The Bertz CT molecular complexity index is 918. The molecule has 0 radical (unpaired) electrons. The van der Waals surface area contributed by atoms with E-state index in [2.05, 4.69) is 10.2 Å². The topological polar surface area (TPSA) is 49.0 Å². The summed E-state index contributed by atoms with van der Waals surface area (Å²) < 4.78 is 27.5. The van der Waals surface area contributed by atoms with Gasteiger partial charge in [-0.15, -0.1) is 0 Å². The van der Waals surface area contributed by atoms with Gasteiger partial charge in [0.25, 0.3) is 0 Å². The van der Waals surface area contributed by atoms with Gasteiger partial charge in [-0.2, -0.15) is 5.10 Å². The first-order valence-electron chi connectivity index (χ1n) is 8.08. The largest absolute Gasteiger partial charge is 0.309 e. The van der Waals surface area contributed by atoms with Gasteiger partial charge in [0, 0.05) is 17.4 Å². The molecule has 6 heteroatoms. The summed E-state index contributed by atoms with van der Waals surface area (Å²) in [6, 6.07) is 9.13. The summed E-state index contributed by atoms with van der Waals surface area (Å²) in [6.07, 6.45) is 1.12. The zero-order valence-electron chi connectivity index (χ0n) is 14.1. The van der Waals surface area contributed by atoms with Crippen molar-refractivity contribution in [1.82, 2.24) is 15.1 Å². The lowest BCUT2D eigenvalue weighted by Crippen LogP contribution is -2.14. The summed E-state index contributed by atoms with van der Waals surface area (Å²) >= 11 is 0. The fraction of sp³-hybridized carbons (Fsp3) is 0.263. The van der Waals surface area contributed by atoms with E-state index in [9.17, 15) is 13.6 Å². The number of nitrogens with one attached hydrogen (secondary N) is 1. The molecule has 0 fully saturated rings. The smallest absolute Gasteiger partial charge is 0.183 e. The summed E-state index contributed by atoms with van der Waals surface area (Å²) in [6.45, 7) is 0.813. The summed E-state index contributed by atoms with van der Waals surface area (Å²) in [4.78, 5) is 14.4. The molecule has 25 heavy (non-hydrogen) atoms. The van der Waals surface area contributed by atoms with Crippen molar-refractivity contribution >= 4 is 16.7 Å². The number of H-pyrrole nitrogens is 1. The molecule has 0 atom stereocenters. The van der Waals surface area contributed by atoms with Crippen molar-refractivity contribution in [2.24, 2.45) is 0 Å². The van der Waals surface area contributed by atoms with Gasteiger partial charge in [-0.25, -0.2) is 8.78 Å². The molecule has 1 heterocycles. The van der Waals surface area contributed by atoms with Crippen molar-refractivity contribution in [3.63, 3.8) is 0 Å². The molecule has 0 amide bonds. The Morgan fingerprint density at radius 3 is 2.76 bits per heavy atom. The fourth-order valence-corrected chi connectivity index (χ4v) is 2.80. The van der Waals surface area contributed by atoms with Crippen molar-refractivity contribution in [2.45, 2.75) is 12.8 Å². The van der Waals surface area contributed by atoms with Gasteiger partial charge < -0.3 is 4.90 Å². The first-order valence-corrected chi connectivity index (χ1v) is 8.08. The van der Waals surface area contributed by atoms with E-state index in [1.807, 2.05) is 19.0 Å². The molecule has 1 aromatic heterocycles. The normalized spacial score (nSPS) is 11.4. The quantitative estimate of drug-likeness (QED) is 0.688. The first-order chi connectivity index (χ1) is 12.0. The first kappa shape index (κ1) is 17.2. The molecule has 3 rings (SSSR count). The van der Waals surface area contributed by atoms with Crippen LogP contribution in [0.15, 0.2) is 36.4 Å². The number of fused-ring (bicyclic) bond motifs is 1.